The minimum atomic E-state index is -1.06. The van der Waals surface area contributed by atoms with Crippen LogP contribution in [0.4, 0.5) is 5.69 Å². The van der Waals surface area contributed by atoms with E-state index in [2.05, 4.69) is 10.6 Å². The van der Waals surface area contributed by atoms with Crippen LogP contribution in [0.5, 0.6) is 11.5 Å². The highest BCUT2D eigenvalue weighted by atomic mass is 32.1. The highest BCUT2D eigenvalue weighted by molar-refractivity contribution is 7.12. The van der Waals surface area contributed by atoms with E-state index < -0.39 is 11.9 Å². The van der Waals surface area contributed by atoms with Gasteiger partial charge in [-0.15, -0.1) is 11.3 Å². The van der Waals surface area contributed by atoms with Crippen LogP contribution in [-0.4, -0.2) is 57.7 Å². The van der Waals surface area contributed by atoms with Crippen molar-refractivity contribution >= 4 is 34.7 Å². The molecule has 2 atom stereocenters. The lowest BCUT2D eigenvalue weighted by molar-refractivity contribution is -0.126. The number of thiophene rings is 1. The first kappa shape index (κ1) is 29.1. The van der Waals surface area contributed by atoms with Gasteiger partial charge in [-0.1, -0.05) is 18.2 Å². The van der Waals surface area contributed by atoms with E-state index in [4.69, 9.17) is 14.2 Å². The molecule has 1 aromatic heterocycles. The van der Waals surface area contributed by atoms with Gasteiger partial charge in [-0.25, -0.2) is 0 Å². The number of rotatable bonds is 11. The molecule has 2 heterocycles. The molecule has 212 valence electrons. The molecule has 1 fully saturated rings. The van der Waals surface area contributed by atoms with Crippen molar-refractivity contribution in [3.05, 3.63) is 75.5 Å². The second kappa shape index (κ2) is 13.5. The third-order valence-electron chi connectivity index (χ3n) is 6.66. The van der Waals surface area contributed by atoms with Crippen LogP contribution in [0.25, 0.3) is 0 Å². The number of benzene rings is 2. The molecule has 3 aromatic rings. The zero-order chi connectivity index (χ0) is 28.6. The van der Waals surface area contributed by atoms with Crippen molar-refractivity contribution in [1.82, 2.24) is 10.6 Å². The summed E-state index contributed by atoms with van der Waals surface area (Å²) in [4.78, 5) is 42.5. The number of nitrogens with one attached hydrogen (secondary N) is 2. The zero-order valence-corrected chi connectivity index (χ0v) is 24.0. The molecule has 2 aromatic carbocycles. The number of anilines is 1. The van der Waals surface area contributed by atoms with Crippen molar-refractivity contribution in [3.8, 4) is 11.5 Å². The highest BCUT2D eigenvalue weighted by Gasteiger charge is 2.34. The molecule has 0 aliphatic carbocycles. The molecule has 3 amide bonds. The summed E-state index contributed by atoms with van der Waals surface area (Å²) in [6.07, 6.45) is 1.72. The van der Waals surface area contributed by atoms with Crippen LogP contribution < -0.4 is 25.0 Å². The van der Waals surface area contributed by atoms with E-state index in [0.717, 1.165) is 24.0 Å². The zero-order valence-electron chi connectivity index (χ0n) is 23.2. The van der Waals surface area contributed by atoms with Gasteiger partial charge in [0.2, 0.25) is 11.8 Å². The molecule has 9 nitrogen and oxygen atoms in total. The number of hydrogen-bond acceptors (Lipinski definition) is 7. The lowest BCUT2D eigenvalue weighted by Crippen LogP contribution is -2.48. The molecular formula is C30H35N3O6S. The third kappa shape index (κ3) is 7.00. The van der Waals surface area contributed by atoms with Gasteiger partial charge in [0.05, 0.1) is 31.7 Å². The van der Waals surface area contributed by atoms with Crippen molar-refractivity contribution in [2.75, 3.05) is 38.8 Å². The molecule has 1 aliphatic heterocycles. The lowest BCUT2D eigenvalue weighted by Gasteiger charge is -2.32. The summed E-state index contributed by atoms with van der Waals surface area (Å²) in [6.45, 7) is 4.55. The van der Waals surface area contributed by atoms with Crippen LogP contribution in [0, 0.1) is 13.8 Å². The average Bonchev–Trinajstić information content (AvgIpc) is 3.67. The second-order valence-corrected chi connectivity index (χ2v) is 10.6. The minimum Gasteiger partial charge on any atom is -0.493 e. The van der Waals surface area contributed by atoms with Gasteiger partial charge in [0.25, 0.3) is 5.91 Å². The minimum absolute atomic E-state index is 0.0783. The average molecular weight is 566 g/mol. The summed E-state index contributed by atoms with van der Waals surface area (Å²) in [6, 6.07) is 13.2. The fourth-order valence-electron chi connectivity index (χ4n) is 4.82. The van der Waals surface area contributed by atoms with Crippen molar-refractivity contribution < 1.29 is 28.6 Å². The molecule has 10 heteroatoms. The first-order valence-corrected chi connectivity index (χ1v) is 14.0. The normalized spacial score (nSPS) is 15.2. The second-order valence-electron chi connectivity index (χ2n) is 9.67. The van der Waals surface area contributed by atoms with E-state index in [1.165, 1.54) is 30.5 Å². The lowest BCUT2D eigenvalue weighted by atomic mass is 10.0. The molecule has 2 N–H and O–H groups in total. The van der Waals surface area contributed by atoms with Gasteiger partial charge in [0.15, 0.2) is 11.5 Å². The fourth-order valence-corrected chi connectivity index (χ4v) is 5.46. The van der Waals surface area contributed by atoms with E-state index >= 15 is 0 Å². The molecule has 1 saturated heterocycles. The van der Waals surface area contributed by atoms with E-state index in [1.54, 1.807) is 35.7 Å². The van der Waals surface area contributed by atoms with E-state index in [-0.39, 0.29) is 24.5 Å². The Hall–Kier alpha value is -3.89. The molecular weight excluding hydrogens is 530 g/mol. The molecule has 0 unspecified atom stereocenters. The third-order valence-corrected chi connectivity index (χ3v) is 7.52. The maximum absolute atomic E-state index is 14.0. The van der Waals surface area contributed by atoms with Crippen LogP contribution in [0.2, 0.25) is 0 Å². The summed E-state index contributed by atoms with van der Waals surface area (Å²) in [5.74, 6) is -0.246. The van der Waals surface area contributed by atoms with E-state index in [9.17, 15) is 14.4 Å². The summed E-state index contributed by atoms with van der Waals surface area (Å²) in [7, 11) is 3.05. The molecule has 1 aliphatic rings. The number of carbonyl (C=O) groups is 3. The molecule has 0 radical (unpaired) electrons. The SMILES string of the molecule is COc1ccc([C@H](C(=O)NC[C@@H]2CCCO2)N(C(=O)CNC(=O)c2cccs2)c2cc(C)cc(C)c2)cc1OC. The van der Waals surface area contributed by atoms with Crippen molar-refractivity contribution in [2.24, 2.45) is 0 Å². The molecule has 0 bridgehead atoms. The number of nitrogens with zero attached hydrogens (tertiary/aromatic N) is 1. The van der Waals surface area contributed by atoms with E-state index in [0.29, 0.717) is 40.8 Å². The van der Waals surface area contributed by atoms with Crippen LogP contribution >= 0.6 is 11.3 Å². The summed E-state index contributed by atoms with van der Waals surface area (Å²) < 4.78 is 16.6. The Morgan fingerprint density at radius 3 is 2.40 bits per heavy atom. The van der Waals surface area contributed by atoms with Crippen molar-refractivity contribution in [3.63, 3.8) is 0 Å². The van der Waals surface area contributed by atoms with E-state index in [1.807, 2.05) is 32.0 Å². The van der Waals surface area contributed by atoms with Crippen LogP contribution in [-0.2, 0) is 14.3 Å². The van der Waals surface area contributed by atoms with Crippen LogP contribution in [0.1, 0.15) is 45.2 Å². The van der Waals surface area contributed by atoms with Gasteiger partial charge in [-0.05, 0) is 79.1 Å². The number of hydrogen-bond donors (Lipinski definition) is 2. The quantitative estimate of drug-likeness (QED) is 0.361. The van der Waals surface area contributed by atoms with Crippen molar-refractivity contribution in [1.29, 1.82) is 0 Å². The molecule has 0 spiro atoms. The first-order valence-electron chi connectivity index (χ1n) is 13.1. The molecule has 4 rings (SSSR count). The van der Waals surface area contributed by atoms with Gasteiger partial charge in [-0.2, -0.15) is 0 Å². The molecule has 40 heavy (non-hydrogen) atoms. The molecule has 0 saturated carbocycles. The topological polar surface area (TPSA) is 106 Å². The summed E-state index contributed by atoms with van der Waals surface area (Å²) in [5.41, 5.74) is 2.93. The van der Waals surface area contributed by atoms with Crippen molar-refractivity contribution in [2.45, 2.75) is 38.8 Å². The fraction of sp³-hybridized carbons (Fsp3) is 0.367. The first-order chi connectivity index (χ1) is 19.3. The Morgan fingerprint density at radius 1 is 1.02 bits per heavy atom. The summed E-state index contributed by atoms with van der Waals surface area (Å²) >= 11 is 1.29. The van der Waals surface area contributed by atoms with Gasteiger partial charge >= 0.3 is 0 Å². The maximum atomic E-state index is 14.0. The monoisotopic (exact) mass is 565 g/mol. The predicted molar refractivity (Wildman–Crippen MR) is 154 cm³/mol. The predicted octanol–water partition coefficient (Wildman–Crippen LogP) is 4.18. The smallest absolute Gasteiger partial charge is 0.261 e. The van der Waals surface area contributed by atoms with Crippen LogP contribution in [0.15, 0.2) is 53.9 Å². The highest BCUT2D eigenvalue weighted by Crippen LogP contribution is 2.35. The Morgan fingerprint density at radius 2 is 1.77 bits per heavy atom. The Kier molecular flexibility index (Phi) is 9.79. The van der Waals surface area contributed by atoms with Crippen LogP contribution in [0.3, 0.4) is 0 Å². The van der Waals surface area contributed by atoms with Gasteiger partial charge in [-0.3, -0.25) is 19.3 Å². The largest absolute Gasteiger partial charge is 0.493 e. The van der Waals surface area contributed by atoms with Gasteiger partial charge in [0, 0.05) is 18.8 Å². The van der Waals surface area contributed by atoms with Gasteiger partial charge < -0.3 is 24.8 Å². The van der Waals surface area contributed by atoms with Gasteiger partial charge in [0.1, 0.15) is 6.04 Å². The number of carbonyl (C=O) groups excluding carboxylic acids is 3. The standard InChI is InChI=1S/C30H35N3O6S/c1-19-13-20(2)15-22(14-19)33(27(34)18-32-29(35)26-8-6-12-40-26)28(30(36)31-17-23-7-5-11-39-23)21-9-10-24(37-3)25(16-21)38-4/h6,8-10,12-16,23,28H,5,7,11,17-18H2,1-4H3,(H,31,36)(H,32,35)/t23-,28+/m0/s1. The Balaban J connectivity index is 1.74. The maximum Gasteiger partial charge on any atom is 0.261 e. The number of methoxy groups -OCH3 is 2. The number of aryl methyl sites for hydroxylation is 2. The number of amides is 3. The Bertz CT molecular complexity index is 1320. The summed E-state index contributed by atoms with van der Waals surface area (Å²) in [5, 5.41) is 7.50. The Labute approximate surface area is 238 Å². The number of ether oxygens (including phenoxy) is 3.